The Labute approximate surface area is 131 Å². The van der Waals surface area contributed by atoms with Gasteiger partial charge in [-0.1, -0.05) is 26.0 Å². The average Bonchev–Trinajstić information content (AvgIpc) is 2.99. The first-order chi connectivity index (χ1) is 10.6. The van der Waals surface area contributed by atoms with E-state index in [-0.39, 0.29) is 12.0 Å². The van der Waals surface area contributed by atoms with Crippen LogP contribution in [0.15, 0.2) is 24.3 Å². The molecule has 0 aliphatic carbocycles. The summed E-state index contributed by atoms with van der Waals surface area (Å²) in [5, 5.41) is 12.2. The van der Waals surface area contributed by atoms with Gasteiger partial charge in [0.2, 0.25) is 0 Å². The molecule has 1 heterocycles. The quantitative estimate of drug-likeness (QED) is 0.772. The highest BCUT2D eigenvalue weighted by molar-refractivity contribution is 5.73. The molecule has 1 aliphatic heterocycles. The van der Waals surface area contributed by atoms with Crippen molar-refractivity contribution >= 4 is 5.97 Å². The second-order valence-electron chi connectivity index (χ2n) is 6.03. The van der Waals surface area contributed by atoms with Crippen LogP contribution in [-0.2, 0) is 16.1 Å². The van der Waals surface area contributed by atoms with Crippen LogP contribution in [0.25, 0.3) is 0 Å². The molecule has 122 valence electrons. The summed E-state index contributed by atoms with van der Waals surface area (Å²) < 4.78 is 11.2. The van der Waals surface area contributed by atoms with E-state index in [9.17, 15) is 4.79 Å². The molecule has 0 spiro atoms. The van der Waals surface area contributed by atoms with Crippen LogP contribution in [-0.4, -0.2) is 36.4 Å². The summed E-state index contributed by atoms with van der Waals surface area (Å²) in [6.45, 7) is 5.74. The lowest BCUT2D eigenvalue weighted by atomic mass is 10.0. The van der Waals surface area contributed by atoms with Gasteiger partial charge in [0.25, 0.3) is 0 Å². The highest BCUT2D eigenvalue weighted by Gasteiger charge is 2.20. The topological polar surface area (TPSA) is 67.8 Å². The van der Waals surface area contributed by atoms with Crippen LogP contribution in [0.4, 0.5) is 0 Å². The number of carboxylic acid groups (broad SMARTS) is 1. The standard InChI is InChI=1S/C17H25NO4/c1-12(2)16(17(19)20)18-10-13-5-7-14(8-6-13)22-11-15-4-3-9-21-15/h5-8,12,15-16,18H,3-4,9-11H2,1-2H3,(H,19,20)/t15?,16-/m1/s1. The van der Waals surface area contributed by atoms with Crippen molar-refractivity contribution in [3.05, 3.63) is 29.8 Å². The van der Waals surface area contributed by atoms with Crippen LogP contribution in [0, 0.1) is 5.92 Å². The van der Waals surface area contributed by atoms with E-state index in [1.807, 2.05) is 38.1 Å². The van der Waals surface area contributed by atoms with E-state index in [0.717, 1.165) is 30.8 Å². The van der Waals surface area contributed by atoms with Crippen LogP contribution in [0.2, 0.25) is 0 Å². The Morgan fingerprint density at radius 2 is 2.14 bits per heavy atom. The molecule has 0 radical (unpaired) electrons. The van der Waals surface area contributed by atoms with Gasteiger partial charge in [0.1, 0.15) is 18.4 Å². The Balaban J connectivity index is 1.79. The van der Waals surface area contributed by atoms with E-state index < -0.39 is 12.0 Å². The maximum atomic E-state index is 11.1. The van der Waals surface area contributed by atoms with Gasteiger partial charge < -0.3 is 19.9 Å². The van der Waals surface area contributed by atoms with Gasteiger partial charge in [-0.3, -0.25) is 4.79 Å². The van der Waals surface area contributed by atoms with Gasteiger partial charge in [0, 0.05) is 13.2 Å². The lowest BCUT2D eigenvalue weighted by molar-refractivity contribution is -0.140. The van der Waals surface area contributed by atoms with E-state index in [1.54, 1.807) is 0 Å². The maximum absolute atomic E-state index is 11.1. The first-order valence-electron chi connectivity index (χ1n) is 7.86. The summed E-state index contributed by atoms with van der Waals surface area (Å²) in [6, 6.07) is 7.21. The molecule has 1 fully saturated rings. The van der Waals surface area contributed by atoms with Crippen molar-refractivity contribution in [2.45, 2.75) is 45.4 Å². The van der Waals surface area contributed by atoms with Gasteiger partial charge in [-0.05, 0) is 36.5 Å². The van der Waals surface area contributed by atoms with Crippen molar-refractivity contribution < 1.29 is 19.4 Å². The van der Waals surface area contributed by atoms with Gasteiger partial charge in [0.05, 0.1) is 6.10 Å². The molecule has 1 aromatic carbocycles. The third-order valence-electron chi connectivity index (χ3n) is 3.84. The van der Waals surface area contributed by atoms with Crippen molar-refractivity contribution in [3.63, 3.8) is 0 Å². The van der Waals surface area contributed by atoms with Crippen molar-refractivity contribution in [1.82, 2.24) is 5.32 Å². The van der Waals surface area contributed by atoms with E-state index in [1.165, 1.54) is 0 Å². The number of hydrogen-bond acceptors (Lipinski definition) is 4. The number of ether oxygens (including phenoxy) is 2. The van der Waals surface area contributed by atoms with Gasteiger partial charge >= 0.3 is 5.97 Å². The zero-order valence-electron chi connectivity index (χ0n) is 13.2. The van der Waals surface area contributed by atoms with Gasteiger partial charge in [-0.25, -0.2) is 0 Å². The van der Waals surface area contributed by atoms with Crippen molar-refractivity contribution in [2.24, 2.45) is 5.92 Å². The van der Waals surface area contributed by atoms with Crippen LogP contribution in [0.3, 0.4) is 0 Å². The van der Waals surface area contributed by atoms with Gasteiger partial charge in [-0.15, -0.1) is 0 Å². The summed E-state index contributed by atoms with van der Waals surface area (Å²) in [4.78, 5) is 11.1. The molecule has 1 aromatic rings. The fraction of sp³-hybridized carbons (Fsp3) is 0.588. The minimum Gasteiger partial charge on any atom is -0.491 e. The van der Waals surface area contributed by atoms with Crippen molar-refractivity contribution in [2.75, 3.05) is 13.2 Å². The Kier molecular flexibility index (Phi) is 6.21. The molecule has 5 heteroatoms. The molecular formula is C17H25NO4. The first kappa shape index (κ1) is 16.8. The summed E-state index contributed by atoms with van der Waals surface area (Å²) in [5.74, 6) is 0.0518. The van der Waals surface area contributed by atoms with Gasteiger partial charge in [0.15, 0.2) is 0 Å². The van der Waals surface area contributed by atoms with Crippen LogP contribution < -0.4 is 10.1 Å². The predicted octanol–water partition coefficient (Wildman–Crippen LogP) is 2.44. The molecule has 0 amide bonds. The third kappa shape index (κ3) is 5.00. The number of aliphatic carboxylic acids is 1. The zero-order valence-corrected chi connectivity index (χ0v) is 13.2. The molecule has 2 rings (SSSR count). The number of rotatable bonds is 8. The monoisotopic (exact) mass is 307 g/mol. The highest BCUT2D eigenvalue weighted by atomic mass is 16.5. The maximum Gasteiger partial charge on any atom is 0.320 e. The van der Waals surface area contributed by atoms with Crippen LogP contribution in [0.5, 0.6) is 5.75 Å². The lowest BCUT2D eigenvalue weighted by Gasteiger charge is -2.18. The van der Waals surface area contributed by atoms with E-state index in [4.69, 9.17) is 14.6 Å². The summed E-state index contributed by atoms with van der Waals surface area (Å²) in [7, 11) is 0. The molecule has 0 bridgehead atoms. The molecule has 0 aromatic heterocycles. The fourth-order valence-corrected chi connectivity index (χ4v) is 2.50. The van der Waals surface area contributed by atoms with Crippen LogP contribution >= 0.6 is 0 Å². The summed E-state index contributed by atoms with van der Waals surface area (Å²) >= 11 is 0. The molecule has 0 saturated carbocycles. The molecule has 2 atom stereocenters. The summed E-state index contributed by atoms with van der Waals surface area (Å²) in [6.07, 6.45) is 2.39. The predicted molar refractivity (Wildman–Crippen MR) is 84.0 cm³/mol. The van der Waals surface area contributed by atoms with Crippen LogP contribution in [0.1, 0.15) is 32.3 Å². The average molecular weight is 307 g/mol. The first-order valence-corrected chi connectivity index (χ1v) is 7.86. The SMILES string of the molecule is CC(C)[C@@H](NCc1ccc(OCC2CCCO2)cc1)C(=O)O. The number of benzene rings is 1. The highest BCUT2D eigenvalue weighted by Crippen LogP contribution is 2.16. The molecule has 1 saturated heterocycles. The fourth-order valence-electron chi connectivity index (χ4n) is 2.50. The minimum atomic E-state index is -0.813. The Bertz CT molecular complexity index is 466. The molecule has 1 aliphatic rings. The molecule has 5 nitrogen and oxygen atoms in total. The van der Waals surface area contributed by atoms with E-state index >= 15 is 0 Å². The van der Waals surface area contributed by atoms with Crippen molar-refractivity contribution in [1.29, 1.82) is 0 Å². The molecular weight excluding hydrogens is 282 g/mol. The second-order valence-corrected chi connectivity index (χ2v) is 6.03. The largest absolute Gasteiger partial charge is 0.491 e. The number of carbonyl (C=O) groups is 1. The number of hydrogen-bond donors (Lipinski definition) is 2. The normalized spacial score (nSPS) is 19.3. The smallest absolute Gasteiger partial charge is 0.320 e. The Morgan fingerprint density at radius 3 is 2.68 bits per heavy atom. The van der Waals surface area contributed by atoms with E-state index in [2.05, 4.69) is 5.32 Å². The molecule has 1 unspecified atom stereocenters. The zero-order chi connectivity index (χ0) is 15.9. The molecule has 22 heavy (non-hydrogen) atoms. The third-order valence-corrected chi connectivity index (χ3v) is 3.84. The Hall–Kier alpha value is -1.59. The molecule has 2 N–H and O–H groups in total. The Morgan fingerprint density at radius 1 is 1.41 bits per heavy atom. The summed E-state index contributed by atoms with van der Waals surface area (Å²) in [5.41, 5.74) is 1.04. The van der Waals surface area contributed by atoms with Crippen molar-refractivity contribution in [3.8, 4) is 5.75 Å². The second kappa shape index (κ2) is 8.15. The van der Waals surface area contributed by atoms with Gasteiger partial charge in [-0.2, -0.15) is 0 Å². The number of carboxylic acids is 1. The lowest BCUT2D eigenvalue weighted by Crippen LogP contribution is -2.40. The minimum absolute atomic E-state index is 0.0477. The van der Waals surface area contributed by atoms with E-state index in [0.29, 0.717) is 13.2 Å². The number of nitrogens with one attached hydrogen (secondary N) is 1.